The van der Waals surface area contributed by atoms with E-state index in [-0.39, 0.29) is 5.97 Å². The van der Waals surface area contributed by atoms with Gasteiger partial charge < -0.3 is 4.74 Å². The number of carbonyl (C=O) groups is 1. The molecule has 0 spiro atoms. The van der Waals surface area contributed by atoms with Crippen molar-refractivity contribution in [1.82, 2.24) is 4.90 Å². The molecule has 1 rings (SSSR count). The van der Waals surface area contributed by atoms with Gasteiger partial charge in [-0.15, -0.1) is 0 Å². The van der Waals surface area contributed by atoms with Crippen LogP contribution in [0.3, 0.4) is 0 Å². The normalized spacial score (nSPS) is 21.9. The molecule has 1 fully saturated rings. The van der Waals surface area contributed by atoms with Gasteiger partial charge in [-0.1, -0.05) is 26.3 Å². The standard InChI is InChI=1S/C14H25NO2/c1-4-13-9-7-6-8-10-15(13)11-12(3)14(16)17-5-2/h13H,3-11H2,1-2H3. The molecule has 0 aromatic carbocycles. The minimum absolute atomic E-state index is 0.244. The van der Waals surface area contributed by atoms with Gasteiger partial charge in [0.1, 0.15) is 0 Å². The van der Waals surface area contributed by atoms with Gasteiger partial charge in [0, 0.05) is 18.2 Å². The number of hydrogen-bond donors (Lipinski definition) is 0. The fraction of sp³-hybridized carbons (Fsp3) is 0.786. The first kappa shape index (κ1) is 14.2. The Balaban J connectivity index is 2.51. The molecule has 3 heteroatoms. The molecule has 0 aliphatic carbocycles. The molecule has 1 unspecified atom stereocenters. The average molecular weight is 239 g/mol. The molecule has 1 atom stereocenters. The molecule has 3 nitrogen and oxygen atoms in total. The smallest absolute Gasteiger partial charge is 0.334 e. The van der Waals surface area contributed by atoms with Gasteiger partial charge in [-0.05, 0) is 32.7 Å². The predicted octanol–water partition coefficient (Wildman–Crippen LogP) is 2.76. The van der Waals surface area contributed by atoms with Crippen LogP contribution in [-0.2, 0) is 9.53 Å². The Labute approximate surface area is 105 Å². The Hall–Kier alpha value is -0.830. The van der Waals surface area contributed by atoms with Crippen LogP contribution in [0.15, 0.2) is 12.2 Å². The Morgan fingerprint density at radius 1 is 1.35 bits per heavy atom. The molecule has 1 saturated heterocycles. The summed E-state index contributed by atoms with van der Waals surface area (Å²) in [5, 5.41) is 0. The summed E-state index contributed by atoms with van der Waals surface area (Å²) in [6.07, 6.45) is 6.23. The van der Waals surface area contributed by atoms with Gasteiger partial charge in [-0.25, -0.2) is 4.79 Å². The molecule has 0 aromatic rings. The van der Waals surface area contributed by atoms with E-state index in [1.165, 1.54) is 25.7 Å². The molecule has 17 heavy (non-hydrogen) atoms. The van der Waals surface area contributed by atoms with Gasteiger partial charge in [0.15, 0.2) is 0 Å². The lowest BCUT2D eigenvalue weighted by Gasteiger charge is -2.29. The van der Waals surface area contributed by atoms with Crippen LogP contribution in [0, 0.1) is 0 Å². The highest BCUT2D eigenvalue weighted by Gasteiger charge is 2.21. The highest BCUT2D eigenvalue weighted by molar-refractivity contribution is 5.88. The number of hydrogen-bond acceptors (Lipinski definition) is 3. The lowest BCUT2D eigenvalue weighted by atomic mass is 10.1. The van der Waals surface area contributed by atoms with Crippen LogP contribution in [0.4, 0.5) is 0 Å². The summed E-state index contributed by atoms with van der Waals surface area (Å²) in [6, 6.07) is 0.601. The fourth-order valence-corrected chi connectivity index (χ4v) is 2.45. The van der Waals surface area contributed by atoms with Crippen LogP contribution in [0.5, 0.6) is 0 Å². The van der Waals surface area contributed by atoms with Crippen molar-refractivity contribution in [2.24, 2.45) is 0 Å². The van der Waals surface area contributed by atoms with Gasteiger partial charge in [-0.2, -0.15) is 0 Å². The Kier molecular flexibility index (Phi) is 6.27. The molecule has 98 valence electrons. The Bertz CT molecular complexity index is 263. The van der Waals surface area contributed by atoms with Crippen LogP contribution >= 0.6 is 0 Å². The summed E-state index contributed by atoms with van der Waals surface area (Å²) >= 11 is 0. The molecule has 0 aromatic heterocycles. The maximum absolute atomic E-state index is 11.5. The number of likely N-dealkylation sites (tertiary alicyclic amines) is 1. The topological polar surface area (TPSA) is 29.5 Å². The first-order valence-electron chi connectivity index (χ1n) is 6.78. The number of nitrogens with zero attached hydrogens (tertiary/aromatic N) is 1. The second-order valence-electron chi connectivity index (χ2n) is 4.71. The van der Waals surface area contributed by atoms with Crippen LogP contribution in [-0.4, -0.2) is 36.6 Å². The van der Waals surface area contributed by atoms with Crippen molar-refractivity contribution in [3.63, 3.8) is 0 Å². The maximum Gasteiger partial charge on any atom is 0.334 e. The van der Waals surface area contributed by atoms with Crippen molar-refractivity contribution in [2.75, 3.05) is 19.7 Å². The van der Waals surface area contributed by atoms with Crippen molar-refractivity contribution in [1.29, 1.82) is 0 Å². The predicted molar refractivity (Wildman–Crippen MR) is 69.9 cm³/mol. The van der Waals surface area contributed by atoms with Crippen LogP contribution in [0.1, 0.15) is 46.0 Å². The van der Waals surface area contributed by atoms with E-state index < -0.39 is 0 Å². The van der Waals surface area contributed by atoms with E-state index in [4.69, 9.17) is 4.74 Å². The summed E-state index contributed by atoms with van der Waals surface area (Å²) in [4.78, 5) is 13.9. The van der Waals surface area contributed by atoms with Crippen LogP contribution < -0.4 is 0 Å². The SMILES string of the molecule is C=C(CN1CCCCCC1CC)C(=O)OCC. The lowest BCUT2D eigenvalue weighted by molar-refractivity contribution is -0.138. The molecular formula is C14H25NO2. The number of rotatable bonds is 5. The highest BCUT2D eigenvalue weighted by Crippen LogP contribution is 2.20. The first-order chi connectivity index (χ1) is 8.19. The molecule has 0 radical (unpaired) electrons. The van der Waals surface area contributed by atoms with Gasteiger partial charge in [0.05, 0.1) is 6.61 Å². The molecule has 0 N–H and O–H groups in total. The Morgan fingerprint density at radius 2 is 2.12 bits per heavy atom. The molecule has 0 bridgehead atoms. The number of esters is 1. The minimum atomic E-state index is -0.244. The number of ether oxygens (including phenoxy) is 1. The summed E-state index contributed by atoms with van der Waals surface area (Å²) in [6.45, 7) is 10.1. The highest BCUT2D eigenvalue weighted by atomic mass is 16.5. The third-order valence-corrected chi connectivity index (χ3v) is 3.43. The van der Waals surface area contributed by atoms with Gasteiger partial charge in [0.2, 0.25) is 0 Å². The van der Waals surface area contributed by atoms with Crippen LogP contribution in [0.25, 0.3) is 0 Å². The molecule has 1 heterocycles. The van der Waals surface area contributed by atoms with E-state index in [0.29, 0.717) is 24.8 Å². The summed E-state index contributed by atoms with van der Waals surface area (Å²) in [5.41, 5.74) is 0.590. The van der Waals surface area contributed by atoms with Crippen molar-refractivity contribution in [2.45, 2.75) is 52.0 Å². The zero-order valence-corrected chi connectivity index (χ0v) is 11.2. The van der Waals surface area contributed by atoms with E-state index >= 15 is 0 Å². The van der Waals surface area contributed by atoms with E-state index in [2.05, 4.69) is 18.4 Å². The maximum atomic E-state index is 11.5. The monoisotopic (exact) mass is 239 g/mol. The fourth-order valence-electron chi connectivity index (χ4n) is 2.45. The van der Waals surface area contributed by atoms with E-state index in [9.17, 15) is 4.79 Å². The third kappa shape index (κ3) is 4.50. The number of carbonyl (C=O) groups excluding carboxylic acids is 1. The molecular weight excluding hydrogens is 214 g/mol. The zero-order chi connectivity index (χ0) is 12.7. The molecule has 1 aliphatic heterocycles. The lowest BCUT2D eigenvalue weighted by Crippen LogP contribution is -2.37. The van der Waals surface area contributed by atoms with E-state index in [1.807, 2.05) is 6.92 Å². The second-order valence-corrected chi connectivity index (χ2v) is 4.71. The first-order valence-corrected chi connectivity index (χ1v) is 6.78. The molecule has 0 amide bonds. The Morgan fingerprint density at radius 3 is 2.76 bits per heavy atom. The summed E-state index contributed by atoms with van der Waals surface area (Å²) in [5.74, 6) is -0.244. The third-order valence-electron chi connectivity index (χ3n) is 3.43. The van der Waals surface area contributed by atoms with E-state index in [1.54, 1.807) is 0 Å². The summed E-state index contributed by atoms with van der Waals surface area (Å²) in [7, 11) is 0. The van der Waals surface area contributed by atoms with Gasteiger partial charge >= 0.3 is 5.97 Å². The van der Waals surface area contributed by atoms with Crippen molar-refractivity contribution in [3.8, 4) is 0 Å². The van der Waals surface area contributed by atoms with Gasteiger partial charge in [0.25, 0.3) is 0 Å². The second kappa shape index (κ2) is 7.49. The summed E-state index contributed by atoms with van der Waals surface area (Å²) < 4.78 is 4.98. The molecule has 1 aliphatic rings. The van der Waals surface area contributed by atoms with Crippen LogP contribution in [0.2, 0.25) is 0 Å². The quantitative estimate of drug-likeness (QED) is 0.546. The zero-order valence-electron chi connectivity index (χ0n) is 11.2. The largest absolute Gasteiger partial charge is 0.463 e. The average Bonchev–Trinajstić information content (AvgIpc) is 2.54. The van der Waals surface area contributed by atoms with Crippen molar-refractivity contribution < 1.29 is 9.53 Å². The van der Waals surface area contributed by atoms with E-state index in [0.717, 1.165) is 13.0 Å². The minimum Gasteiger partial charge on any atom is -0.463 e. The van der Waals surface area contributed by atoms with Crippen molar-refractivity contribution in [3.05, 3.63) is 12.2 Å². The molecule has 0 saturated carbocycles. The van der Waals surface area contributed by atoms with Gasteiger partial charge in [-0.3, -0.25) is 4.90 Å². The van der Waals surface area contributed by atoms with Crippen molar-refractivity contribution >= 4 is 5.97 Å².